The molecule has 132 valence electrons. The van der Waals surface area contributed by atoms with Crippen LogP contribution in [-0.4, -0.2) is 22.4 Å². The zero-order valence-electron chi connectivity index (χ0n) is 14.1. The van der Waals surface area contributed by atoms with E-state index in [-0.39, 0.29) is 5.91 Å². The van der Waals surface area contributed by atoms with Crippen molar-refractivity contribution in [1.82, 2.24) is 10.3 Å². The molecule has 1 amide bonds. The van der Waals surface area contributed by atoms with Crippen LogP contribution in [0.3, 0.4) is 0 Å². The second kappa shape index (κ2) is 8.29. The molecule has 26 heavy (non-hydrogen) atoms. The first-order valence-electron chi connectivity index (χ1n) is 8.41. The highest BCUT2D eigenvalue weighted by Crippen LogP contribution is 2.45. The van der Waals surface area contributed by atoms with Crippen LogP contribution < -0.4 is 5.32 Å². The molecule has 3 nitrogen and oxygen atoms in total. The van der Waals surface area contributed by atoms with Crippen molar-refractivity contribution in [2.75, 3.05) is 11.5 Å². The Kier molecular flexibility index (Phi) is 5.62. The fourth-order valence-corrected chi connectivity index (χ4v) is 6.40. The largest absolute Gasteiger partial charge is 0.346 e. The quantitative estimate of drug-likeness (QED) is 0.640. The van der Waals surface area contributed by atoms with Gasteiger partial charge in [0.25, 0.3) is 5.91 Å². The molecule has 1 aliphatic rings. The summed E-state index contributed by atoms with van der Waals surface area (Å²) in [6, 6.07) is 18.1. The molecule has 0 saturated carbocycles. The van der Waals surface area contributed by atoms with Gasteiger partial charge in [0.05, 0.1) is 16.8 Å². The smallest absolute Gasteiger partial charge is 0.251 e. The average Bonchev–Trinajstić information content (AvgIpc) is 3.39. The lowest BCUT2D eigenvalue weighted by Crippen LogP contribution is -2.22. The van der Waals surface area contributed by atoms with Gasteiger partial charge in [0, 0.05) is 28.0 Å². The van der Waals surface area contributed by atoms with E-state index in [1.807, 2.05) is 71.4 Å². The Morgan fingerprint density at radius 3 is 2.50 bits per heavy atom. The monoisotopic (exact) mass is 398 g/mol. The molecular weight excluding hydrogens is 380 g/mol. The standard InChI is InChI=1S/C20H18N2OS3/c23-18(14-6-8-16(9-7-14)20-24-10-11-25-20)21-12-17-13-26-19(22-17)15-4-2-1-3-5-15/h1-9,13,20H,10-12H2,(H,21,23). The SMILES string of the molecule is O=C(NCc1csc(-c2ccccc2)n1)c1ccc(C2SCCS2)cc1. The van der Waals surface area contributed by atoms with E-state index < -0.39 is 0 Å². The van der Waals surface area contributed by atoms with E-state index in [0.717, 1.165) is 16.3 Å². The highest BCUT2D eigenvalue weighted by molar-refractivity contribution is 8.19. The summed E-state index contributed by atoms with van der Waals surface area (Å²) in [7, 11) is 0. The van der Waals surface area contributed by atoms with Crippen LogP contribution in [0.5, 0.6) is 0 Å². The van der Waals surface area contributed by atoms with Gasteiger partial charge in [-0.15, -0.1) is 34.9 Å². The minimum Gasteiger partial charge on any atom is -0.346 e. The van der Waals surface area contributed by atoms with Crippen molar-refractivity contribution in [3.8, 4) is 10.6 Å². The number of amides is 1. The summed E-state index contributed by atoms with van der Waals surface area (Å²) in [4.78, 5) is 17.0. The predicted octanol–water partition coefficient (Wildman–Crippen LogP) is 5.22. The first-order valence-corrected chi connectivity index (χ1v) is 11.4. The highest BCUT2D eigenvalue weighted by atomic mass is 32.2. The molecule has 6 heteroatoms. The van der Waals surface area contributed by atoms with E-state index in [4.69, 9.17) is 0 Å². The van der Waals surface area contributed by atoms with Crippen LogP contribution in [0.15, 0.2) is 60.0 Å². The van der Waals surface area contributed by atoms with E-state index in [2.05, 4.69) is 22.4 Å². The number of rotatable bonds is 5. The molecule has 0 aliphatic carbocycles. The number of thioether (sulfide) groups is 2. The molecule has 1 saturated heterocycles. The molecule has 2 aromatic carbocycles. The second-order valence-electron chi connectivity index (χ2n) is 5.89. The third kappa shape index (κ3) is 4.14. The van der Waals surface area contributed by atoms with Crippen molar-refractivity contribution < 1.29 is 4.79 Å². The fraction of sp³-hybridized carbons (Fsp3) is 0.200. The van der Waals surface area contributed by atoms with Gasteiger partial charge in [-0.3, -0.25) is 4.79 Å². The van der Waals surface area contributed by atoms with Gasteiger partial charge in [0.1, 0.15) is 5.01 Å². The van der Waals surface area contributed by atoms with Crippen molar-refractivity contribution in [3.63, 3.8) is 0 Å². The molecule has 2 heterocycles. The van der Waals surface area contributed by atoms with Crippen LogP contribution in [-0.2, 0) is 6.54 Å². The predicted molar refractivity (Wildman–Crippen MR) is 113 cm³/mol. The third-order valence-corrected chi connectivity index (χ3v) is 8.11. The van der Waals surface area contributed by atoms with Crippen LogP contribution in [0.1, 0.15) is 26.2 Å². The van der Waals surface area contributed by atoms with Gasteiger partial charge in [0.15, 0.2) is 0 Å². The van der Waals surface area contributed by atoms with Crippen molar-refractivity contribution in [3.05, 3.63) is 76.8 Å². The third-order valence-electron chi connectivity index (χ3n) is 4.07. The average molecular weight is 399 g/mol. The molecule has 0 atom stereocenters. The number of nitrogens with one attached hydrogen (secondary N) is 1. The molecular formula is C20H18N2OS3. The van der Waals surface area contributed by atoms with E-state index in [9.17, 15) is 4.79 Å². The molecule has 4 rings (SSSR count). The number of aromatic nitrogens is 1. The van der Waals surface area contributed by atoms with Crippen molar-refractivity contribution in [2.24, 2.45) is 0 Å². The van der Waals surface area contributed by atoms with E-state index in [1.54, 1.807) is 11.3 Å². The molecule has 1 fully saturated rings. The Hall–Kier alpha value is -1.76. The minimum absolute atomic E-state index is 0.0578. The fourth-order valence-electron chi connectivity index (χ4n) is 2.72. The Bertz CT molecular complexity index is 872. The topological polar surface area (TPSA) is 42.0 Å². The lowest BCUT2D eigenvalue weighted by Gasteiger charge is -2.09. The van der Waals surface area contributed by atoms with Crippen LogP contribution in [0, 0.1) is 0 Å². The summed E-state index contributed by atoms with van der Waals surface area (Å²) < 4.78 is 0.513. The zero-order chi connectivity index (χ0) is 17.8. The Balaban J connectivity index is 1.36. The van der Waals surface area contributed by atoms with Gasteiger partial charge in [-0.25, -0.2) is 4.98 Å². The molecule has 1 N–H and O–H groups in total. The summed E-state index contributed by atoms with van der Waals surface area (Å²) in [6.07, 6.45) is 0. The zero-order valence-corrected chi connectivity index (χ0v) is 16.5. The van der Waals surface area contributed by atoms with Crippen LogP contribution in [0.25, 0.3) is 10.6 Å². The highest BCUT2D eigenvalue weighted by Gasteiger charge is 2.18. The van der Waals surface area contributed by atoms with Gasteiger partial charge >= 0.3 is 0 Å². The Labute approximate surface area is 165 Å². The molecule has 0 unspecified atom stereocenters. The lowest BCUT2D eigenvalue weighted by molar-refractivity contribution is 0.0950. The maximum atomic E-state index is 12.4. The normalized spacial score (nSPS) is 14.5. The molecule has 1 aliphatic heterocycles. The summed E-state index contributed by atoms with van der Waals surface area (Å²) in [5.74, 6) is 2.35. The van der Waals surface area contributed by atoms with Crippen LogP contribution in [0.2, 0.25) is 0 Å². The number of carbonyl (C=O) groups excluding carboxylic acids is 1. The molecule has 0 bridgehead atoms. The number of benzene rings is 2. The molecule has 1 aromatic heterocycles. The number of hydrogen-bond donors (Lipinski definition) is 1. The first kappa shape index (κ1) is 17.6. The Morgan fingerprint density at radius 1 is 1.04 bits per heavy atom. The Morgan fingerprint density at radius 2 is 1.77 bits per heavy atom. The van der Waals surface area contributed by atoms with Gasteiger partial charge in [0.2, 0.25) is 0 Å². The summed E-state index contributed by atoms with van der Waals surface area (Å²) in [5.41, 5.74) is 3.98. The summed E-state index contributed by atoms with van der Waals surface area (Å²) in [5, 5.41) is 5.94. The van der Waals surface area contributed by atoms with Crippen LogP contribution in [0.4, 0.5) is 0 Å². The van der Waals surface area contributed by atoms with Crippen molar-refractivity contribution in [2.45, 2.75) is 11.1 Å². The second-order valence-corrected chi connectivity index (χ2v) is 9.47. The molecule has 3 aromatic rings. The first-order chi connectivity index (χ1) is 12.8. The number of carbonyl (C=O) groups is 1. The van der Waals surface area contributed by atoms with Gasteiger partial charge in [-0.05, 0) is 17.7 Å². The van der Waals surface area contributed by atoms with Gasteiger partial charge in [-0.1, -0.05) is 42.5 Å². The van der Waals surface area contributed by atoms with E-state index in [0.29, 0.717) is 16.7 Å². The van der Waals surface area contributed by atoms with Crippen molar-refractivity contribution in [1.29, 1.82) is 0 Å². The minimum atomic E-state index is -0.0578. The van der Waals surface area contributed by atoms with Crippen molar-refractivity contribution >= 4 is 40.8 Å². The van der Waals surface area contributed by atoms with E-state index >= 15 is 0 Å². The van der Waals surface area contributed by atoms with Gasteiger partial charge < -0.3 is 5.32 Å². The molecule has 0 spiro atoms. The maximum Gasteiger partial charge on any atom is 0.251 e. The van der Waals surface area contributed by atoms with E-state index in [1.165, 1.54) is 17.1 Å². The summed E-state index contributed by atoms with van der Waals surface area (Å²) >= 11 is 5.55. The number of nitrogens with zero attached hydrogens (tertiary/aromatic N) is 1. The maximum absolute atomic E-state index is 12.4. The lowest BCUT2D eigenvalue weighted by atomic mass is 10.1. The van der Waals surface area contributed by atoms with Gasteiger partial charge in [-0.2, -0.15) is 0 Å². The summed E-state index contributed by atoms with van der Waals surface area (Å²) in [6.45, 7) is 0.443. The number of thiazole rings is 1. The van der Waals surface area contributed by atoms with Crippen LogP contribution >= 0.6 is 34.9 Å². The number of hydrogen-bond acceptors (Lipinski definition) is 5. The molecule has 0 radical (unpaired) electrons.